The second-order valence-corrected chi connectivity index (χ2v) is 7.52. The van der Waals surface area contributed by atoms with Gasteiger partial charge in [0.2, 0.25) is 5.91 Å². The molecule has 0 saturated carbocycles. The lowest BCUT2D eigenvalue weighted by molar-refractivity contribution is -0.118. The molecule has 4 aromatic rings. The molecule has 0 aliphatic rings. The Balaban J connectivity index is 1.66. The summed E-state index contributed by atoms with van der Waals surface area (Å²) in [5, 5.41) is 0.631. The minimum Gasteiger partial charge on any atom is -0.467 e. The van der Waals surface area contributed by atoms with Crippen molar-refractivity contribution in [1.29, 1.82) is 0 Å². The van der Waals surface area contributed by atoms with Crippen LogP contribution in [0.5, 0.6) is 0 Å². The molecule has 0 radical (unpaired) electrons. The quantitative estimate of drug-likeness (QED) is 0.442. The van der Waals surface area contributed by atoms with Crippen LogP contribution in [0.2, 0.25) is 0 Å². The number of anilines is 1. The Morgan fingerprint density at radius 3 is 2.64 bits per heavy atom. The van der Waals surface area contributed by atoms with E-state index in [2.05, 4.69) is 24.0 Å². The van der Waals surface area contributed by atoms with Crippen LogP contribution in [-0.4, -0.2) is 10.9 Å². The maximum absolute atomic E-state index is 13.2. The Hall–Kier alpha value is -2.99. The number of hydrogen-bond donors (Lipinski definition) is 0. The molecule has 1 amide bonds. The lowest BCUT2D eigenvalue weighted by atomic mass is 10.1. The first-order valence-corrected chi connectivity index (χ1v) is 9.90. The normalized spacial score (nSPS) is 11.1. The Bertz CT molecular complexity index is 1090. The van der Waals surface area contributed by atoms with Gasteiger partial charge in [0.15, 0.2) is 5.13 Å². The second-order valence-electron chi connectivity index (χ2n) is 6.51. The highest BCUT2D eigenvalue weighted by atomic mass is 32.1. The van der Waals surface area contributed by atoms with Gasteiger partial charge in [0, 0.05) is 0 Å². The molecule has 0 bridgehead atoms. The number of nitrogens with zero attached hydrogens (tertiary/aromatic N) is 2. The number of rotatable bonds is 6. The highest BCUT2D eigenvalue weighted by molar-refractivity contribution is 7.22. The van der Waals surface area contributed by atoms with Gasteiger partial charge in [-0.05, 0) is 53.9 Å². The smallest absolute Gasteiger partial charge is 0.233 e. The minimum atomic E-state index is -0.318. The van der Waals surface area contributed by atoms with Crippen molar-refractivity contribution in [3.8, 4) is 0 Å². The van der Waals surface area contributed by atoms with E-state index >= 15 is 0 Å². The second kappa shape index (κ2) is 7.94. The maximum Gasteiger partial charge on any atom is 0.233 e. The molecule has 142 valence electrons. The van der Waals surface area contributed by atoms with E-state index in [1.807, 2.05) is 12.1 Å². The average molecular weight is 394 g/mol. The molecule has 6 heteroatoms. The first-order valence-electron chi connectivity index (χ1n) is 9.09. The van der Waals surface area contributed by atoms with Gasteiger partial charge in [-0.3, -0.25) is 9.69 Å². The molecule has 0 unspecified atom stereocenters. The fourth-order valence-electron chi connectivity index (χ4n) is 2.99. The van der Waals surface area contributed by atoms with Crippen LogP contribution < -0.4 is 4.90 Å². The van der Waals surface area contributed by atoms with Crippen molar-refractivity contribution in [2.45, 2.75) is 26.3 Å². The maximum atomic E-state index is 13.2. The average Bonchev–Trinajstić information content (AvgIpc) is 3.36. The van der Waals surface area contributed by atoms with E-state index in [0.717, 1.165) is 22.2 Å². The van der Waals surface area contributed by atoms with Crippen molar-refractivity contribution in [3.63, 3.8) is 0 Å². The van der Waals surface area contributed by atoms with Gasteiger partial charge in [0.25, 0.3) is 0 Å². The molecule has 0 saturated heterocycles. The Labute approximate surface area is 166 Å². The van der Waals surface area contributed by atoms with Crippen molar-refractivity contribution in [2.75, 3.05) is 4.90 Å². The number of furan rings is 1. The molecule has 0 aliphatic carbocycles. The third kappa shape index (κ3) is 3.97. The summed E-state index contributed by atoms with van der Waals surface area (Å²) in [5.74, 6) is 0.250. The molecule has 28 heavy (non-hydrogen) atoms. The van der Waals surface area contributed by atoms with Gasteiger partial charge in [-0.15, -0.1) is 0 Å². The van der Waals surface area contributed by atoms with E-state index in [1.165, 1.54) is 29.0 Å². The zero-order valence-corrected chi connectivity index (χ0v) is 16.2. The zero-order valence-electron chi connectivity index (χ0n) is 15.4. The number of carbonyl (C=O) groups excluding carboxylic acids is 1. The molecule has 0 aliphatic heterocycles. The van der Waals surface area contributed by atoms with E-state index in [-0.39, 0.29) is 18.1 Å². The first-order chi connectivity index (χ1) is 13.6. The highest BCUT2D eigenvalue weighted by Crippen LogP contribution is 2.31. The van der Waals surface area contributed by atoms with E-state index in [9.17, 15) is 9.18 Å². The Morgan fingerprint density at radius 2 is 1.93 bits per heavy atom. The molecule has 2 heterocycles. The number of hydrogen-bond acceptors (Lipinski definition) is 4. The summed E-state index contributed by atoms with van der Waals surface area (Å²) in [6.07, 6.45) is 2.70. The van der Waals surface area contributed by atoms with Gasteiger partial charge in [-0.1, -0.05) is 36.5 Å². The summed E-state index contributed by atoms with van der Waals surface area (Å²) in [5.41, 5.74) is 2.86. The van der Waals surface area contributed by atoms with Crippen LogP contribution in [0.4, 0.5) is 9.52 Å². The number of carbonyl (C=O) groups is 1. The van der Waals surface area contributed by atoms with Crippen molar-refractivity contribution in [3.05, 3.63) is 83.6 Å². The number of halogens is 1. The summed E-state index contributed by atoms with van der Waals surface area (Å²) in [6.45, 7) is 2.41. The van der Waals surface area contributed by atoms with Crippen molar-refractivity contribution in [2.24, 2.45) is 0 Å². The van der Waals surface area contributed by atoms with Crippen molar-refractivity contribution < 1.29 is 13.6 Å². The standard InChI is InChI=1S/C22H19FN2O2S/c1-2-15-7-10-19-20(12-15)28-22(24-19)25(14-18-4-3-11-27-18)21(26)13-16-5-8-17(23)9-6-16/h3-12H,2,13-14H2,1H3. The Kier molecular flexibility index (Phi) is 5.21. The van der Waals surface area contributed by atoms with Gasteiger partial charge in [-0.2, -0.15) is 0 Å². The summed E-state index contributed by atoms with van der Waals surface area (Å²) >= 11 is 1.49. The van der Waals surface area contributed by atoms with Crippen LogP contribution in [0, 0.1) is 5.82 Å². The molecular weight excluding hydrogens is 375 g/mol. The molecule has 2 aromatic heterocycles. The van der Waals surface area contributed by atoms with Crippen molar-refractivity contribution in [1.82, 2.24) is 4.98 Å². The van der Waals surface area contributed by atoms with Gasteiger partial charge in [-0.25, -0.2) is 9.37 Å². The third-order valence-corrected chi connectivity index (χ3v) is 5.59. The molecule has 0 N–H and O–H groups in total. The van der Waals surface area contributed by atoms with Crippen molar-refractivity contribution >= 4 is 32.6 Å². The number of benzene rings is 2. The third-order valence-electron chi connectivity index (χ3n) is 4.54. The molecule has 2 aromatic carbocycles. The van der Waals surface area contributed by atoms with E-state index in [1.54, 1.807) is 29.4 Å². The lowest BCUT2D eigenvalue weighted by Gasteiger charge is -2.18. The predicted octanol–water partition coefficient (Wildman–Crippen LogP) is 5.37. The van der Waals surface area contributed by atoms with Crippen LogP contribution in [-0.2, 0) is 24.2 Å². The zero-order chi connectivity index (χ0) is 19.5. The molecule has 4 nitrogen and oxygen atoms in total. The summed E-state index contributed by atoms with van der Waals surface area (Å²) in [4.78, 5) is 19.4. The van der Waals surface area contributed by atoms with E-state index in [0.29, 0.717) is 17.4 Å². The summed E-state index contributed by atoms with van der Waals surface area (Å²) < 4.78 is 19.7. The predicted molar refractivity (Wildman–Crippen MR) is 109 cm³/mol. The number of amides is 1. The number of aromatic nitrogens is 1. The highest BCUT2D eigenvalue weighted by Gasteiger charge is 2.21. The van der Waals surface area contributed by atoms with Crippen LogP contribution in [0.15, 0.2) is 65.3 Å². The van der Waals surface area contributed by atoms with Crippen LogP contribution in [0.1, 0.15) is 23.8 Å². The molecular formula is C22H19FN2O2S. The first kappa shape index (κ1) is 18.4. The monoisotopic (exact) mass is 394 g/mol. The molecule has 0 spiro atoms. The SMILES string of the molecule is CCc1ccc2nc(N(Cc3ccco3)C(=O)Cc3ccc(F)cc3)sc2c1. The largest absolute Gasteiger partial charge is 0.467 e. The fourth-order valence-corrected chi connectivity index (χ4v) is 4.03. The summed E-state index contributed by atoms with van der Waals surface area (Å²) in [6, 6.07) is 15.8. The van der Waals surface area contributed by atoms with Gasteiger partial charge in [0.1, 0.15) is 11.6 Å². The number of aryl methyl sites for hydroxylation is 1. The minimum absolute atomic E-state index is 0.113. The molecule has 0 atom stereocenters. The molecule has 4 rings (SSSR count). The summed E-state index contributed by atoms with van der Waals surface area (Å²) in [7, 11) is 0. The van der Waals surface area contributed by atoms with Crippen LogP contribution in [0.25, 0.3) is 10.2 Å². The van der Waals surface area contributed by atoms with Gasteiger partial charge in [0.05, 0.1) is 29.4 Å². The van der Waals surface area contributed by atoms with Gasteiger partial charge >= 0.3 is 0 Å². The number of fused-ring (bicyclic) bond motifs is 1. The fraction of sp³-hybridized carbons (Fsp3) is 0.182. The van der Waals surface area contributed by atoms with Gasteiger partial charge < -0.3 is 4.42 Å². The lowest BCUT2D eigenvalue weighted by Crippen LogP contribution is -2.31. The Morgan fingerprint density at radius 1 is 1.14 bits per heavy atom. The van der Waals surface area contributed by atoms with E-state index < -0.39 is 0 Å². The van der Waals surface area contributed by atoms with Crippen LogP contribution >= 0.6 is 11.3 Å². The van der Waals surface area contributed by atoms with Crippen LogP contribution in [0.3, 0.4) is 0 Å². The number of thiazole rings is 1. The topological polar surface area (TPSA) is 46.3 Å². The molecule has 0 fully saturated rings. The van der Waals surface area contributed by atoms with E-state index in [4.69, 9.17) is 4.42 Å².